The highest BCUT2D eigenvalue weighted by Crippen LogP contribution is 2.23. The van der Waals surface area contributed by atoms with Crippen LogP contribution in [0.25, 0.3) is 0 Å². The first-order valence-corrected chi connectivity index (χ1v) is 6.32. The largest absolute Gasteiger partial charge is 0.454 e. The van der Waals surface area contributed by atoms with Gasteiger partial charge in [0.15, 0.2) is 0 Å². The summed E-state index contributed by atoms with van der Waals surface area (Å²) in [6.07, 6.45) is 0.482. The lowest BCUT2D eigenvalue weighted by Gasteiger charge is -2.17. The summed E-state index contributed by atoms with van der Waals surface area (Å²) < 4.78 is 5.53. The average Bonchev–Trinajstić information content (AvgIpc) is 2.46. The Hall–Kier alpha value is -2.29. The summed E-state index contributed by atoms with van der Waals surface area (Å²) in [6, 6.07) is 16.6. The molecule has 19 heavy (non-hydrogen) atoms. The van der Waals surface area contributed by atoms with Crippen LogP contribution in [0, 0.1) is 0 Å². The number of para-hydroxylation sites is 1. The van der Waals surface area contributed by atoms with Crippen LogP contribution in [0.1, 0.15) is 35.4 Å². The van der Waals surface area contributed by atoms with Crippen molar-refractivity contribution in [3.63, 3.8) is 0 Å². The maximum absolute atomic E-state index is 12.1. The number of nitrogens with two attached hydrogens (primary N) is 1. The maximum Gasteiger partial charge on any atom is 0.340 e. The molecular formula is C16H17NO2. The molecule has 1 atom stereocenters. The number of ether oxygens (including phenoxy) is 1. The van der Waals surface area contributed by atoms with Crippen LogP contribution >= 0.6 is 0 Å². The smallest absolute Gasteiger partial charge is 0.340 e. The van der Waals surface area contributed by atoms with Crippen LogP contribution in [0.3, 0.4) is 0 Å². The van der Waals surface area contributed by atoms with Gasteiger partial charge < -0.3 is 10.5 Å². The minimum atomic E-state index is -0.381. The molecule has 3 nitrogen and oxygen atoms in total. The lowest BCUT2D eigenvalue weighted by atomic mass is 10.1. The van der Waals surface area contributed by atoms with Crippen molar-refractivity contribution in [2.75, 3.05) is 5.73 Å². The highest BCUT2D eigenvalue weighted by atomic mass is 16.5. The van der Waals surface area contributed by atoms with E-state index in [-0.39, 0.29) is 12.1 Å². The molecule has 2 rings (SSSR count). The van der Waals surface area contributed by atoms with Gasteiger partial charge in [0, 0.05) is 5.69 Å². The Morgan fingerprint density at radius 1 is 1.11 bits per heavy atom. The van der Waals surface area contributed by atoms with Gasteiger partial charge in [0.1, 0.15) is 6.10 Å². The lowest BCUT2D eigenvalue weighted by molar-refractivity contribution is 0.0289. The number of carbonyl (C=O) groups excluding carboxylic acids is 1. The number of rotatable bonds is 4. The van der Waals surface area contributed by atoms with Gasteiger partial charge in [-0.3, -0.25) is 0 Å². The highest BCUT2D eigenvalue weighted by Gasteiger charge is 2.17. The molecule has 1 unspecified atom stereocenters. The summed E-state index contributed by atoms with van der Waals surface area (Å²) in [6.45, 7) is 1.99. The third kappa shape index (κ3) is 3.13. The van der Waals surface area contributed by atoms with Crippen LogP contribution in [0.5, 0.6) is 0 Å². The Morgan fingerprint density at radius 2 is 1.74 bits per heavy atom. The van der Waals surface area contributed by atoms with Crippen LogP contribution in [0.2, 0.25) is 0 Å². The minimum absolute atomic E-state index is 0.242. The molecule has 0 heterocycles. The predicted octanol–water partition coefficient (Wildman–Crippen LogP) is 3.58. The molecule has 0 radical (unpaired) electrons. The second kappa shape index (κ2) is 6.05. The number of carbonyl (C=O) groups is 1. The fourth-order valence-electron chi connectivity index (χ4n) is 1.93. The van der Waals surface area contributed by atoms with Gasteiger partial charge in [0.2, 0.25) is 0 Å². The van der Waals surface area contributed by atoms with E-state index in [2.05, 4.69) is 0 Å². The maximum atomic E-state index is 12.1. The van der Waals surface area contributed by atoms with E-state index in [1.54, 1.807) is 24.3 Å². The summed E-state index contributed by atoms with van der Waals surface area (Å²) in [4.78, 5) is 12.1. The van der Waals surface area contributed by atoms with Crippen molar-refractivity contribution in [1.82, 2.24) is 0 Å². The van der Waals surface area contributed by atoms with Crippen molar-refractivity contribution in [3.8, 4) is 0 Å². The molecule has 0 amide bonds. The monoisotopic (exact) mass is 255 g/mol. The molecule has 3 heteroatoms. The quantitative estimate of drug-likeness (QED) is 0.671. The van der Waals surface area contributed by atoms with Crippen molar-refractivity contribution >= 4 is 11.7 Å². The van der Waals surface area contributed by atoms with E-state index in [0.29, 0.717) is 11.3 Å². The third-order valence-corrected chi connectivity index (χ3v) is 2.97. The Balaban J connectivity index is 2.16. The molecule has 0 aliphatic carbocycles. The van der Waals surface area contributed by atoms with Crippen LogP contribution in [0.15, 0.2) is 54.6 Å². The Labute approximate surface area is 113 Å². The fourth-order valence-corrected chi connectivity index (χ4v) is 1.93. The summed E-state index contributed by atoms with van der Waals surface area (Å²) >= 11 is 0. The third-order valence-electron chi connectivity index (χ3n) is 2.97. The van der Waals surface area contributed by atoms with Gasteiger partial charge in [-0.1, -0.05) is 49.4 Å². The van der Waals surface area contributed by atoms with E-state index in [4.69, 9.17) is 10.5 Å². The molecule has 2 aromatic rings. The van der Waals surface area contributed by atoms with Gasteiger partial charge in [0.25, 0.3) is 0 Å². The molecule has 0 fully saturated rings. The van der Waals surface area contributed by atoms with Crippen molar-refractivity contribution in [1.29, 1.82) is 0 Å². The molecule has 2 N–H and O–H groups in total. The molecule has 0 saturated heterocycles. The fraction of sp³-hybridized carbons (Fsp3) is 0.188. The molecule has 0 aliphatic heterocycles. The van der Waals surface area contributed by atoms with E-state index in [1.165, 1.54) is 0 Å². The van der Waals surface area contributed by atoms with Gasteiger partial charge >= 0.3 is 5.97 Å². The first-order chi connectivity index (χ1) is 9.22. The standard InChI is InChI=1S/C16H17NO2/c1-2-15(12-8-4-3-5-9-12)19-16(18)13-10-6-7-11-14(13)17/h3-11,15H,2,17H2,1H3. The van der Waals surface area contributed by atoms with Crippen LogP contribution in [-0.4, -0.2) is 5.97 Å². The highest BCUT2D eigenvalue weighted by molar-refractivity contribution is 5.95. The molecular weight excluding hydrogens is 238 g/mol. The van der Waals surface area contributed by atoms with Crippen molar-refractivity contribution in [3.05, 3.63) is 65.7 Å². The Bertz CT molecular complexity index is 552. The van der Waals surface area contributed by atoms with E-state index in [9.17, 15) is 4.79 Å². The zero-order valence-electron chi connectivity index (χ0n) is 10.9. The number of anilines is 1. The van der Waals surface area contributed by atoms with Gasteiger partial charge in [-0.2, -0.15) is 0 Å². The van der Waals surface area contributed by atoms with Crippen LogP contribution in [-0.2, 0) is 4.74 Å². The van der Waals surface area contributed by atoms with E-state index in [1.807, 2.05) is 37.3 Å². The van der Waals surface area contributed by atoms with Gasteiger partial charge in [-0.15, -0.1) is 0 Å². The molecule has 0 aromatic heterocycles. The molecule has 0 spiro atoms. The normalized spacial score (nSPS) is 11.8. The minimum Gasteiger partial charge on any atom is -0.454 e. The summed E-state index contributed by atoms with van der Waals surface area (Å²) in [5.74, 6) is -0.381. The van der Waals surface area contributed by atoms with E-state index in [0.717, 1.165) is 12.0 Å². The SMILES string of the molecule is CCC(OC(=O)c1ccccc1N)c1ccccc1. The first-order valence-electron chi connectivity index (χ1n) is 6.32. The molecule has 98 valence electrons. The number of nitrogen functional groups attached to an aromatic ring is 1. The zero-order chi connectivity index (χ0) is 13.7. The van der Waals surface area contributed by atoms with Crippen molar-refractivity contribution in [2.45, 2.75) is 19.4 Å². The molecule has 0 aliphatic rings. The van der Waals surface area contributed by atoms with E-state index < -0.39 is 0 Å². The number of hydrogen-bond donors (Lipinski definition) is 1. The summed E-state index contributed by atoms with van der Waals surface area (Å²) in [5, 5.41) is 0. The van der Waals surface area contributed by atoms with Crippen molar-refractivity contribution in [2.24, 2.45) is 0 Å². The second-order valence-corrected chi connectivity index (χ2v) is 4.30. The summed E-state index contributed by atoms with van der Waals surface area (Å²) in [7, 11) is 0. The van der Waals surface area contributed by atoms with Crippen LogP contribution < -0.4 is 5.73 Å². The van der Waals surface area contributed by atoms with Gasteiger partial charge in [-0.25, -0.2) is 4.79 Å². The zero-order valence-corrected chi connectivity index (χ0v) is 10.9. The number of hydrogen-bond acceptors (Lipinski definition) is 3. The number of benzene rings is 2. The van der Waals surface area contributed by atoms with Crippen molar-refractivity contribution < 1.29 is 9.53 Å². The van der Waals surface area contributed by atoms with Gasteiger partial charge in [0.05, 0.1) is 5.56 Å². The lowest BCUT2D eigenvalue weighted by Crippen LogP contribution is -2.12. The second-order valence-electron chi connectivity index (χ2n) is 4.30. The number of esters is 1. The Kier molecular flexibility index (Phi) is 4.18. The van der Waals surface area contributed by atoms with Crippen LogP contribution in [0.4, 0.5) is 5.69 Å². The summed E-state index contributed by atoms with van der Waals surface area (Å²) in [5.41, 5.74) is 7.62. The predicted molar refractivity (Wildman–Crippen MR) is 75.7 cm³/mol. The molecule has 2 aromatic carbocycles. The average molecular weight is 255 g/mol. The van der Waals surface area contributed by atoms with E-state index >= 15 is 0 Å². The van der Waals surface area contributed by atoms with Gasteiger partial charge in [-0.05, 0) is 24.1 Å². The topological polar surface area (TPSA) is 52.3 Å². The molecule has 0 bridgehead atoms. The first kappa shape index (κ1) is 13.1. The molecule has 0 saturated carbocycles. The Morgan fingerprint density at radius 3 is 2.37 bits per heavy atom.